The molecule has 3 nitrogen and oxygen atoms in total. The number of carbonyl (C=O) groups excluding carboxylic acids is 1. The number of benzene rings is 1. The van der Waals surface area contributed by atoms with E-state index in [1.807, 2.05) is 6.92 Å². The van der Waals surface area contributed by atoms with Crippen molar-refractivity contribution in [3.63, 3.8) is 0 Å². The number of aromatic nitrogens is 1. The molecule has 1 heterocycles. The zero-order valence-electron chi connectivity index (χ0n) is 14.7. The molecule has 1 aromatic heterocycles. The van der Waals surface area contributed by atoms with Gasteiger partial charge in [0.2, 0.25) is 0 Å². The number of allylic oxidation sites excluding steroid dienone is 2. The SMILES string of the molecule is CCC(=O)/C(Cl)=C(\CC)Oc1cc[c-]cc1.FC(F)(F)c1cc[c-]nc1.[U+2]. The molecule has 142 valence electrons. The van der Waals surface area contributed by atoms with Crippen molar-refractivity contribution in [3.8, 4) is 5.75 Å². The molecule has 0 saturated carbocycles. The van der Waals surface area contributed by atoms with Crippen molar-refractivity contribution < 1.29 is 53.8 Å². The van der Waals surface area contributed by atoms with Crippen LogP contribution in [0.3, 0.4) is 0 Å². The normalized spacial score (nSPS) is 11.3. The molecular weight excluding hydrogens is 605 g/mol. The van der Waals surface area contributed by atoms with Crippen LogP contribution in [0, 0.1) is 43.4 Å². The van der Waals surface area contributed by atoms with Gasteiger partial charge in [0.1, 0.15) is 10.8 Å². The molecule has 0 fully saturated rings. The topological polar surface area (TPSA) is 39.2 Å². The van der Waals surface area contributed by atoms with Gasteiger partial charge >= 0.3 is 37.3 Å². The molecule has 0 N–H and O–H groups in total. The number of alkyl halides is 3. The van der Waals surface area contributed by atoms with Crippen LogP contribution in [0.2, 0.25) is 0 Å². The van der Waals surface area contributed by atoms with E-state index in [0.717, 1.165) is 18.3 Å². The van der Waals surface area contributed by atoms with Crippen LogP contribution >= 0.6 is 11.6 Å². The summed E-state index contributed by atoms with van der Waals surface area (Å²) >= 11 is 5.94. The molecule has 0 radical (unpaired) electrons. The Hall–Kier alpha value is -1.29. The van der Waals surface area contributed by atoms with Crippen molar-refractivity contribution in [1.82, 2.24) is 4.98 Å². The third kappa shape index (κ3) is 9.46. The molecule has 0 spiro atoms. The van der Waals surface area contributed by atoms with Crippen molar-refractivity contribution in [2.24, 2.45) is 0 Å². The summed E-state index contributed by atoms with van der Waals surface area (Å²) in [4.78, 5) is 14.6. The molecule has 0 aliphatic rings. The van der Waals surface area contributed by atoms with E-state index in [0.29, 0.717) is 24.4 Å². The molecule has 1 aromatic carbocycles. The standard InChI is InChI=1S/C13H14ClO2.C6H3F3N.U/c1-3-11(15)13(14)12(4-2)16-10-8-6-5-7-9-10;7-6(8,9)5-2-1-3-10-4-5;/h6-9H,3-4H2,1-2H3;1-2,4H;/q2*-1;+2/b13-12-;;. The Kier molecular flexibility index (Phi) is 12.4. The maximum absolute atomic E-state index is 11.7. The van der Waals surface area contributed by atoms with Gasteiger partial charge in [-0.25, -0.2) is 0 Å². The van der Waals surface area contributed by atoms with Gasteiger partial charge in [0.25, 0.3) is 0 Å². The van der Waals surface area contributed by atoms with Crippen molar-refractivity contribution in [3.05, 3.63) is 71.2 Å². The Morgan fingerprint density at radius 2 is 1.78 bits per heavy atom. The van der Waals surface area contributed by atoms with Gasteiger partial charge in [-0.05, 0) is 5.56 Å². The zero-order chi connectivity index (χ0) is 19.6. The molecule has 0 aliphatic carbocycles. The number of rotatable bonds is 5. The second-order valence-corrected chi connectivity index (χ2v) is 5.26. The van der Waals surface area contributed by atoms with Crippen LogP contribution in [0.1, 0.15) is 32.3 Å². The van der Waals surface area contributed by atoms with E-state index in [-0.39, 0.29) is 41.9 Å². The fourth-order valence-corrected chi connectivity index (χ4v) is 1.96. The second-order valence-electron chi connectivity index (χ2n) is 4.88. The fourth-order valence-electron chi connectivity index (χ4n) is 1.65. The largest absolute Gasteiger partial charge is 2.00 e. The van der Waals surface area contributed by atoms with Crippen LogP contribution in [-0.4, -0.2) is 10.8 Å². The molecule has 0 saturated heterocycles. The maximum Gasteiger partial charge on any atom is 2.00 e. The van der Waals surface area contributed by atoms with Crippen LogP contribution < -0.4 is 4.74 Å². The number of pyridine rings is 1. The van der Waals surface area contributed by atoms with E-state index in [1.165, 1.54) is 0 Å². The number of hydrogen-bond donors (Lipinski definition) is 0. The predicted octanol–water partition coefficient (Wildman–Crippen LogP) is 5.61. The van der Waals surface area contributed by atoms with Crippen LogP contribution in [0.4, 0.5) is 13.2 Å². The summed E-state index contributed by atoms with van der Waals surface area (Å²) in [5.41, 5.74) is -0.744. The average Bonchev–Trinajstić information content (AvgIpc) is 2.66. The van der Waals surface area contributed by atoms with Crippen LogP contribution in [0.5, 0.6) is 5.75 Å². The predicted molar refractivity (Wildman–Crippen MR) is 92.4 cm³/mol. The van der Waals surface area contributed by atoms with Gasteiger partial charge in [-0.1, -0.05) is 37.8 Å². The van der Waals surface area contributed by atoms with E-state index in [4.69, 9.17) is 16.3 Å². The van der Waals surface area contributed by atoms with E-state index >= 15 is 0 Å². The minimum Gasteiger partial charge on any atom is -0.486 e. The number of ether oxygens (including phenoxy) is 1. The third-order valence-electron chi connectivity index (χ3n) is 3.00. The van der Waals surface area contributed by atoms with Crippen molar-refractivity contribution in [1.29, 1.82) is 0 Å². The van der Waals surface area contributed by atoms with Gasteiger partial charge in [-0.2, -0.15) is 43.5 Å². The number of Topliss-reactive ketones (excluding diaryl/α,β-unsaturated/α-hetero) is 1. The Labute approximate surface area is 185 Å². The van der Waals surface area contributed by atoms with E-state index in [2.05, 4.69) is 17.2 Å². The Balaban J connectivity index is 0.000000531. The maximum atomic E-state index is 11.7. The fraction of sp³-hybridized carbons (Fsp3) is 0.263. The molecule has 0 unspecified atom stereocenters. The van der Waals surface area contributed by atoms with E-state index in [1.54, 1.807) is 31.2 Å². The van der Waals surface area contributed by atoms with E-state index < -0.39 is 11.7 Å². The first-order valence-corrected chi connectivity index (χ1v) is 8.12. The smallest absolute Gasteiger partial charge is 0.486 e. The molecule has 0 atom stereocenters. The van der Waals surface area contributed by atoms with E-state index in [9.17, 15) is 18.0 Å². The van der Waals surface area contributed by atoms with Crippen LogP contribution in [-0.2, 0) is 11.0 Å². The minimum atomic E-state index is -4.29. The number of nitrogens with zero attached hydrogens (tertiary/aromatic N) is 1. The Bertz CT molecular complexity index is 723. The van der Waals surface area contributed by atoms with Crippen LogP contribution in [0.15, 0.2) is 53.4 Å². The zero-order valence-corrected chi connectivity index (χ0v) is 19.7. The second kappa shape index (κ2) is 13.0. The first-order valence-electron chi connectivity index (χ1n) is 7.74. The third-order valence-corrected chi connectivity index (χ3v) is 3.43. The van der Waals surface area contributed by atoms with Crippen molar-refractivity contribution in [2.75, 3.05) is 0 Å². The Morgan fingerprint density at radius 1 is 1.15 bits per heavy atom. The molecule has 27 heavy (non-hydrogen) atoms. The molecule has 8 heteroatoms. The molecule has 0 aliphatic heterocycles. The summed E-state index contributed by atoms with van der Waals surface area (Å²) in [5.74, 6) is 1.08. The Morgan fingerprint density at radius 3 is 2.19 bits per heavy atom. The van der Waals surface area contributed by atoms with Gasteiger partial charge in [-0.3, -0.25) is 4.79 Å². The van der Waals surface area contributed by atoms with Gasteiger partial charge in [-0.15, -0.1) is 12.1 Å². The quantitative estimate of drug-likeness (QED) is 0.248. The first-order chi connectivity index (χ1) is 12.3. The molecule has 0 bridgehead atoms. The summed E-state index contributed by atoms with van der Waals surface area (Å²) in [7, 11) is 0. The molecule has 2 rings (SSSR count). The summed E-state index contributed by atoms with van der Waals surface area (Å²) in [6.45, 7) is 3.67. The summed E-state index contributed by atoms with van der Waals surface area (Å²) < 4.78 is 40.8. The first kappa shape index (κ1) is 25.7. The average molecular weight is 622 g/mol. The van der Waals surface area contributed by atoms with Crippen molar-refractivity contribution >= 4 is 17.4 Å². The molecule has 2 aromatic rings. The number of ketones is 1. The summed E-state index contributed by atoms with van der Waals surface area (Å²) in [6.07, 6.45) is -0.329. The van der Waals surface area contributed by atoms with Crippen LogP contribution in [0.25, 0.3) is 0 Å². The van der Waals surface area contributed by atoms with Gasteiger partial charge < -0.3 is 9.72 Å². The molecule has 0 amide bonds. The molecular formula is C19H17ClF3NO2U. The van der Waals surface area contributed by atoms with Gasteiger partial charge in [0.15, 0.2) is 5.78 Å². The number of carbonyl (C=O) groups is 1. The monoisotopic (exact) mass is 621 g/mol. The number of halogens is 4. The number of hydrogen-bond acceptors (Lipinski definition) is 3. The van der Waals surface area contributed by atoms with Gasteiger partial charge in [0, 0.05) is 18.6 Å². The van der Waals surface area contributed by atoms with Crippen molar-refractivity contribution in [2.45, 2.75) is 32.9 Å². The minimum absolute atomic E-state index is 0. The van der Waals surface area contributed by atoms with Gasteiger partial charge in [0.05, 0.1) is 0 Å². The summed E-state index contributed by atoms with van der Waals surface area (Å²) in [5, 5.41) is 0.192. The summed E-state index contributed by atoms with van der Waals surface area (Å²) in [6, 6.07) is 12.0.